The van der Waals surface area contributed by atoms with Crippen LogP contribution in [0.1, 0.15) is 23.1 Å². The Morgan fingerprint density at radius 3 is 3.17 bits per heavy atom. The predicted molar refractivity (Wildman–Crippen MR) is 90.0 cm³/mol. The highest BCUT2D eigenvalue weighted by atomic mass is 32.1. The number of nitrogens with zero attached hydrogens (tertiary/aromatic N) is 2. The van der Waals surface area contributed by atoms with E-state index in [0.717, 1.165) is 43.1 Å². The van der Waals surface area contributed by atoms with Crippen molar-refractivity contribution in [1.82, 2.24) is 9.88 Å². The summed E-state index contributed by atoms with van der Waals surface area (Å²) in [6, 6.07) is 7.80. The van der Waals surface area contributed by atoms with Crippen LogP contribution < -0.4 is 10.1 Å². The predicted octanol–water partition coefficient (Wildman–Crippen LogP) is 2.46. The lowest BCUT2D eigenvalue weighted by Gasteiger charge is -2.23. The molecule has 120 valence electrons. The molecule has 0 bridgehead atoms. The first-order valence-corrected chi connectivity index (χ1v) is 8.81. The van der Waals surface area contributed by atoms with Crippen LogP contribution in [0, 0.1) is 0 Å². The van der Waals surface area contributed by atoms with Crippen molar-refractivity contribution in [3.63, 3.8) is 0 Å². The molecule has 4 rings (SSSR count). The second kappa shape index (κ2) is 5.94. The van der Waals surface area contributed by atoms with Crippen LogP contribution in [0.3, 0.4) is 0 Å². The molecule has 1 N–H and O–H groups in total. The fourth-order valence-corrected chi connectivity index (χ4v) is 4.14. The van der Waals surface area contributed by atoms with Crippen LogP contribution in [-0.2, 0) is 24.2 Å². The van der Waals surface area contributed by atoms with Gasteiger partial charge < -0.3 is 4.74 Å². The highest BCUT2D eigenvalue weighted by Crippen LogP contribution is 2.31. The van der Waals surface area contributed by atoms with Gasteiger partial charge in [-0.05, 0) is 18.2 Å². The van der Waals surface area contributed by atoms with Gasteiger partial charge in [0.2, 0.25) is 0 Å². The molecule has 0 spiro atoms. The van der Waals surface area contributed by atoms with Crippen molar-refractivity contribution in [3.8, 4) is 5.75 Å². The van der Waals surface area contributed by atoms with Crippen molar-refractivity contribution < 1.29 is 9.53 Å². The number of amides is 1. The van der Waals surface area contributed by atoms with Crippen LogP contribution in [0.2, 0.25) is 0 Å². The standard InChI is InChI=1S/C17H19N3O2S/c1-2-20-8-7-12-15(10-20)23-17(18-12)19-16(21)14-9-11-5-3-4-6-13(11)22-14/h3-6,14H,2,7-10H2,1H3,(H,18,19,21)/t14-/m0/s1. The third-order valence-corrected chi connectivity index (χ3v) is 5.43. The summed E-state index contributed by atoms with van der Waals surface area (Å²) in [5.41, 5.74) is 2.22. The third-order valence-electron chi connectivity index (χ3n) is 4.43. The largest absolute Gasteiger partial charge is 0.480 e. The summed E-state index contributed by atoms with van der Waals surface area (Å²) in [5, 5.41) is 3.63. The van der Waals surface area contributed by atoms with Crippen LogP contribution in [0.4, 0.5) is 5.13 Å². The maximum atomic E-state index is 12.4. The average Bonchev–Trinajstić information content (AvgIpc) is 3.17. The lowest BCUT2D eigenvalue weighted by Crippen LogP contribution is -2.31. The molecule has 0 saturated carbocycles. The minimum absolute atomic E-state index is 0.111. The second-order valence-corrected chi connectivity index (χ2v) is 7.00. The molecule has 5 nitrogen and oxygen atoms in total. The summed E-state index contributed by atoms with van der Waals surface area (Å²) in [5.74, 6) is 0.698. The third kappa shape index (κ3) is 2.84. The Balaban J connectivity index is 1.43. The Hall–Kier alpha value is -1.92. The van der Waals surface area contributed by atoms with E-state index in [2.05, 4.69) is 22.1 Å². The highest BCUT2D eigenvalue weighted by Gasteiger charge is 2.30. The molecule has 1 aromatic heterocycles. The first kappa shape index (κ1) is 14.7. The Labute approximate surface area is 139 Å². The molecule has 2 aliphatic heterocycles. The summed E-state index contributed by atoms with van der Waals surface area (Å²) in [4.78, 5) is 20.7. The van der Waals surface area contributed by atoms with Gasteiger partial charge >= 0.3 is 0 Å². The van der Waals surface area contributed by atoms with Crippen molar-refractivity contribution >= 4 is 22.4 Å². The summed E-state index contributed by atoms with van der Waals surface area (Å²) < 4.78 is 5.73. The molecule has 2 aliphatic rings. The number of hydrogen-bond acceptors (Lipinski definition) is 5. The molecular weight excluding hydrogens is 310 g/mol. The smallest absolute Gasteiger partial charge is 0.267 e. The highest BCUT2D eigenvalue weighted by molar-refractivity contribution is 7.15. The van der Waals surface area contributed by atoms with Crippen molar-refractivity contribution in [1.29, 1.82) is 0 Å². The lowest BCUT2D eigenvalue weighted by atomic mass is 10.1. The Bertz CT molecular complexity index is 718. The van der Waals surface area contributed by atoms with Gasteiger partial charge in [0.15, 0.2) is 11.2 Å². The molecular formula is C17H19N3O2S. The molecule has 23 heavy (non-hydrogen) atoms. The Kier molecular flexibility index (Phi) is 3.79. The number of carbonyl (C=O) groups is 1. The van der Waals surface area contributed by atoms with E-state index in [1.54, 1.807) is 11.3 Å². The number of anilines is 1. The molecule has 0 aliphatic carbocycles. The van der Waals surface area contributed by atoms with Gasteiger partial charge in [0.25, 0.3) is 5.91 Å². The fraction of sp³-hybridized carbons (Fsp3) is 0.412. The summed E-state index contributed by atoms with van der Waals surface area (Å²) in [6.45, 7) is 5.20. The van der Waals surface area contributed by atoms with Gasteiger partial charge in [0, 0.05) is 30.8 Å². The average molecular weight is 329 g/mol. The number of ether oxygens (including phenoxy) is 1. The lowest BCUT2D eigenvalue weighted by molar-refractivity contribution is -0.122. The fourth-order valence-electron chi connectivity index (χ4n) is 3.09. The molecule has 0 unspecified atom stereocenters. The molecule has 2 aromatic rings. The molecule has 3 heterocycles. The molecule has 1 amide bonds. The zero-order valence-electron chi connectivity index (χ0n) is 13.0. The Morgan fingerprint density at radius 2 is 2.35 bits per heavy atom. The summed E-state index contributed by atoms with van der Waals surface area (Å²) >= 11 is 1.59. The van der Waals surface area contributed by atoms with E-state index < -0.39 is 6.10 Å². The normalized spacial score (nSPS) is 19.8. The number of nitrogens with one attached hydrogen (secondary N) is 1. The van der Waals surface area contributed by atoms with Gasteiger partial charge in [0.05, 0.1) is 5.69 Å². The first-order chi connectivity index (χ1) is 11.2. The van der Waals surface area contributed by atoms with Crippen LogP contribution in [0.25, 0.3) is 0 Å². The van der Waals surface area contributed by atoms with E-state index in [0.29, 0.717) is 11.6 Å². The van der Waals surface area contributed by atoms with Crippen molar-refractivity contribution in [2.24, 2.45) is 0 Å². The SMILES string of the molecule is CCN1CCc2nc(NC(=O)[C@@H]3Cc4ccccc4O3)sc2C1. The zero-order valence-corrected chi connectivity index (χ0v) is 13.9. The van der Waals surface area contributed by atoms with Gasteiger partial charge in [-0.25, -0.2) is 4.98 Å². The number of fused-ring (bicyclic) bond motifs is 2. The van der Waals surface area contributed by atoms with Crippen molar-refractivity contribution in [3.05, 3.63) is 40.4 Å². The van der Waals surface area contributed by atoms with Gasteiger partial charge in [-0.3, -0.25) is 15.0 Å². The van der Waals surface area contributed by atoms with E-state index in [4.69, 9.17) is 4.74 Å². The van der Waals surface area contributed by atoms with Crippen LogP contribution in [-0.4, -0.2) is 35.0 Å². The minimum Gasteiger partial charge on any atom is -0.480 e. The van der Waals surface area contributed by atoms with E-state index >= 15 is 0 Å². The number of thiazole rings is 1. The van der Waals surface area contributed by atoms with Crippen LogP contribution >= 0.6 is 11.3 Å². The minimum atomic E-state index is -0.458. The quantitative estimate of drug-likeness (QED) is 0.940. The molecule has 0 saturated heterocycles. The van der Waals surface area contributed by atoms with Gasteiger partial charge in [-0.15, -0.1) is 11.3 Å². The number of likely N-dealkylation sites (N-methyl/N-ethyl adjacent to an activating group) is 1. The first-order valence-electron chi connectivity index (χ1n) is 7.99. The van der Waals surface area contributed by atoms with Crippen LogP contribution in [0.5, 0.6) is 5.75 Å². The van der Waals surface area contributed by atoms with E-state index in [1.165, 1.54) is 4.88 Å². The van der Waals surface area contributed by atoms with Gasteiger partial charge in [-0.2, -0.15) is 0 Å². The molecule has 0 fully saturated rings. The number of para-hydroxylation sites is 1. The number of carbonyl (C=O) groups excluding carboxylic acids is 1. The number of benzene rings is 1. The maximum Gasteiger partial charge on any atom is 0.267 e. The second-order valence-electron chi connectivity index (χ2n) is 5.92. The van der Waals surface area contributed by atoms with Crippen molar-refractivity contribution in [2.45, 2.75) is 32.4 Å². The summed E-state index contributed by atoms with van der Waals surface area (Å²) in [6.07, 6.45) is 1.12. The zero-order chi connectivity index (χ0) is 15.8. The number of rotatable bonds is 3. The van der Waals surface area contributed by atoms with E-state index in [1.807, 2.05) is 24.3 Å². The van der Waals surface area contributed by atoms with Gasteiger partial charge in [-0.1, -0.05) is 25.1 Å². The topological polar surface area (TPSA) is 54.5 Å². The summed E-state index contributed by atoms with van der Waals surface area (Å²) in [7, 11) is 0. The Morgan fingerprint density at radius 1 is 1.48 bits per heavy atom. The van der Waals surface area contributed by atoms with E-state index in [-0.39, 0.29) is 5.91 Å². The monoisotopic (exact) mass is 329 g/mol. The molecule has 6 heteroatoms. The molecule has 0 radical (unpaired) electrons. The van der Waals surface area contributed by atoms with E-state index in [9.17, 15) is 4.79 Å². The number of hydrogen-bond donors (Lipinski definition) is 1. The van der Waals surface area contributed by atoms with Crippen molar-refractivity contribution in [2.75, 3.05) is 18.4 Å². The number of aromatic nitrogens is 1. The molecule has 1 atom stereocenters. The van der Waals surface area contributed by atoms with Gasteiger partial charge in [0.1, 0.15) is 5.75 Å². The van der Waals surface area contributed by atoms with Crippen LogP contribution in [0.15, 0.2) is 24.3 Å². The maximum absolute atomic E-state index is 12.4. The molecule has 1 aromatic carbocycles.